The number of hydrogen-bond acceptors (Lipinski definition) is 6. The summed E-state index contributed by atoms with van der Waals surface area (Å²) in [6.45, 7) is 2.19. The minimum Gasteiger partial charge on any atom is -0.454 e. The summed E-state index contributed by atoms with van der Waals surface area (Å²) in [5.74, 6) is 2.52. The van der Waals surface area contributed by atoms with Crippen LogP contribution in [0.25, 0.3) is 22.3 Å². The van der Waals surface area contributed by atoms with Crippen molar-refractivity contribution in [2.45, 2.75) is 37.0 Å². The van der Waals surface area contributed by atoms with Gasteiger partial charge in [0.05, 0.1) is 11.8 Å². The van der Waals surface area contributed by atoms with Gasteiger partial charge in [0.1, 0.15) is 0 Å². The van der Waals surface area contributed by atoms with Crippen molar-refractivity contribution in [2.24, 2.45) is 0 Å². The van der Waals surface area contributed by atoms with E-state index in [4.69, 9.17) is 9.47 Å². The molecule has 2 aromatic carbocycles. The third-order valence-electron chi connectivity index (χ3n) is 6.01. The topological polar surface area (TPSA) is 94.1 Å². The Labute approximate surface area is 194 Å². The van der Waals surface area contributed by atoms with Gasteiger partial charge in [-0.1, -0.05) is 36.0 Å². The Morgan fingerprint density at radius 1 is 1.21 bits per heavy atom. The number of ether oxygens (including phenoxy) is 2. The van der Waals surface area contributed by atoms with Crippen LogP contribution in [0.2, 0.25) is 0 Å². The molecular weight excluding hydrogens is 438 g/mol. The average Bonchev–Trinajstić information content (AvgIpc) is 3.23. The highest BCUT2D eigenvalue weighted by atomic mass is 32.2. The molecule has 8 nitrogen and oxygen atoms in total. The van der Waals surface area contributed by atoms with Crippen molar-refractivity contribution in [3.63, 3.8) is 0 Å². The van der Waals surface area contributed by atoms with Gasteiger partial charge in [-0.3, -0.25) is 9.36 Å². The lowest BCUT2D eigenvalue weighted by molar-refractivity contribution is -0.119. The predicted molar refractivity (Wildman–Crippen MR) is 125 cm³/mol. The van der Waals surface area contributed by atoms with Crippen molar-refractivity contribution in [1.82, 2.24) is 25.1 Å². The maximum atomic E-state index is 12.7. The Hall–Kier alpha value is -3.46. The molecule has 4 aromatic rings. The molecule has 1 saturated carbocycles. The Bertz CT molecular complexity index is 1340. The number of fused-ring (bicyclic) bond motifs is 2. The van der Waals surface area contributed by atoms with Gasteiger partial charge in [0, 0.05) is 28.7 Å². The molecule has 9 heteroatoms. The fourth-order valence-electron chi connectivity index (χ4n) is 4.16. The van der Waals surface area contributed by atoms with Gasteiger partial charge >= 0.3 is 0 Å². The van der Waals surface area contributed by atoms with Crippen LogP contribution in [0.1, 0.15) is 37.4 Å². The van der Waals surface area contributed by atoms with E-state index in [-0.39, 0.29) is 24.5 Å². The van der Waals surface area contributed by atoms with Crippen LogP contribution in [0.4, 0.5) is 0 Å². The van der Waals surface area contributed by atoms with E-state index in [0.29, 0.717) is 11.8 Å². The molecule has 1 aliphatic heterocycles. The molecule has 3 heterocycles. The van der Waals surface area contributed by atoms with Crippen molar-refractivity contribution >= 4 is 28.6 Å². The Kier molecular flexibility index (Phi) is 4.98. The number of aromatic amines is 1. The number of carbonyl (C=O) groups excluding carboxylic acids is 1. The van der Waals surface area contributed by atoms with Crippen molar-refractivity contribution in [3.05, 3.63) is 54.2 Å². The van der Waals surface area contributed by atoms with Crippen LogP contribution in [0.15, 0.2) is 53.8 Å². The highest BCUT2D eigenvalue weighted by Crippen LogP contribution is 2.42. The highest BCUT2D eigenvalue weighted by Gasteiger charge is 2.31. The summed E-state index contributed by atoms with van der Waals surface area (Å²) in [7, 11) is 0. The Morgan fingerprint density at radius 3 is 2.94 bits per heavy atom. The molecule has 2 aliphatic rings. The van der Waals surface area contributed by atoms with Gasteiger partial charge in [-0.25, -0.2) is 0 Å². The number of para-hydroxylation sites is 1. The largest absolute Gasteiger partial charge is 0.454 e. The first-order valence-corrected chi connectivity index (χ1v) is 12.0. The minimum absolute atomic E-state index is 0.0517. The van der Waals surface area contributed by atoms with E-state index in [1.54, 1.807) is 0 Å². The molecule has 1 amide bonds. The molecule has 1 aliphatic carbocycles. The van der Waals surface area contributed by atoms with Crippen LogP contribution in [0.3, 0.4) is 0 Å². The predicted octanol–water partition coefficient (Wildman–Crippen LogP) is 4.46. The number of rotatable bonds is 7. The summed E-state index contributed by atoms with van der Waals surface area (Å²) >= 11 is 1.43. The molecule has 1 atom stereocenters. The first-order chi connectivity index (χ1) is 16.2. The lowest BCUT2D eigenvalue weighted by Crippen LogP contribution is -2.28. The fourth-order valence-corrected chi connectivity index (χ4v) is 4.97. The number of carbonyl (C=O) groups is 1. The normalized spacial score (nSPS) is 15.7. The van der Waals surface area contributed by atoms with E-state index in [9.17, 15) is 4.79 Å². The number of H-pyrrole nitrogens is 1. The fraction of sp³-hybridized carbons (Fsp3) is 0.292. The van der Waals surface area contributed by atoms with E-state index in [1.165, 1.54) is 11.8 Å². The summed E-state index contributed by atoms with van der Waals surface area (Å²) < 4.78 is 13.0. The molecule has 1 fully saturated rings. The summed E-state index contributed by atoms with van der Waals surface area (Å²) in [5.41, 5.74) is 3.09. The van der Waals surface area contributed by atoms with Gasteiger partial charge < -0.3 is 19.8 Å². The molecule has 168 valence electrons. The number of hydrogen-bond donors (Lipinski definition) is 2. The van der Waals surface area contributed by atoms with Crippen LogP contribution in [0, 0.1) is 0 Å². The molecule has 2 N–H and O–H groups in total. The molecular formula is C24H23N5O3S. The highest BCUT2D eigenvalue weighted by molar-refractivity contribution is 7.99. The lowest BCUT2D eigenvalue weighted by Gasteiger charge is -2.15. The van der Waals surface area contributed by atoms with Crippen LogP contribution < -0.4 is 14.8 Å². The number of nitrogens with one attached hydrogen (secondary N) is 2. The second-order valence-corrected chi connectivity index (χ2v) is 9.29. The minimum atomic E-state index is -0.143. The molecule has 2 aromatic heterocycles. The summed E-state index contributed by atoms with van der Waals surface area (Å²) in [4.78, 5) is 16.0. The van der Waals surface area contributed by atoms with E-state index in [0.717, 1.165) is 51.6 Å². The molecule has 0 spiro atoms. The quantitative estimate of drug-likeness (QED) is 0.395. The lowest BCUT2D eigenvalue weighted by atomic mass is 10.1. The number of nitrogens with zero attached hydrogens (tertiary/aromatic N) is 3. The number of thioether (sulfide) groups is 1. The zero-order valence-corrected chi connectivity index (χ0v) is 18.9. The number of amides is 1. The molecule has 6 rings (SSSR count). The van der Waals surface area contributed by atoms with Gasteiger partial charge in [0.15, 0.2) is 22.5 Å². The van der Waals surface area contributed by atoms with Crippen LogP contribution in [0.5, 0.6) is 11.5 Å². The number of benzene rings is 2. The first kappa shape index (κ1) is 20.2. The monoisotopic (exact) mass is 461 g/mol. The summed E-state index contributed by atoms with van der Waals surface area (Å²) in [5, 5.41) is 13.9. The Morgan fingerprint density at radius 2 is 2.06 bits per heavy atom. The zero-order valence-electron chi connectivity index (χ0n) is 18.1. The SMILES string of the molecule is C[C@H](NC(=O)CSc1nnc(-c2c[nH]c3ccccc23)n1C1CC1)c1ccc2c(c1)OCO2. The van der Waals surface area contributed by atoms with E-state index in [2.05, 4.69) is 37.2 Å². The second kappa shape index (κ2) is 8.15. The van der Waals surface area contributed by atoms with Crippen LogP contribution >= 0.6 is 11.8 Å². The van der Waals surface area contributed by atoms with Crippen molar-refractivity contribution in [1.29, 1.82) is 0 Å². The van der Waals surface area contributed by atoms with Gasteiger partial charge in [-0.2, -0.15) is 0 Å². The number of aromatic nitrogens is 4. The first-order valence-electron chi connectivity index (χ1n) is 11.0. The van der Waals surface area contributed by atoms with Crippen molar-refractivity contribution < 1.29 is 14.3 Å². The van der Waals surface area contributed by atoms with Crippen LogP contribution in [-0.2, 0) is 4.79 Å². The third kappa shape index (κ3) is 3.82. The zero-order chi connectivity index (χ0) is 22.4. The molecule has 33 heavy (non-hydrogen) atoms. The van der Waals surface area contributed by atoms with E-state index >= 15 is 0 Å². The smallest absolute Gasteiger partial charge is 0.231 e. The molecule has 0 radical (unpaired) electrons. The van der Waals surface area contributed by atoms with Gasteiger partial charge in [-0.05, 0) is 43.5 Å². The molecule has 0 bridgehead atoms. The molecule has 0 saturated heterocycles. The standard InChI is InChI=1S/C24H23N5O3S/c1-14(15-6-9-20-21(10-15)32-13-31-20)26-22(30)12-33-24-28-27-23(29(24)16-7-8-16)18-11-25-19-5-3-2-4-17(18)19/h2-6,9-11,14,16,25H,7-8,12-13H2,1H3,(H,26,30)/t14-/m0/s1. The second-order valence-electron chi connectivity index (χ2n) is 8.35. The summed E-state index contributed by atoms with van der Waals surface area (Å²) in [6, 6.07) is 14.2. The molecule has 0 unspecified atom stereocenters. The van der Waals surface area contributed by atoms with Gasteiger partial charge in [0.2, 0.25) is 12.7 Å². The van der Waals surface area contributed by atoms with E-state index in [1.807, 2.05) is 43.5 Å². The maximum Gasteiger partial charge on any atom is 0.231 e. The van der Waals surface area contributed by atoms with Crippen molar-refractivity contribution in [3.8, 4) is 22.9 Å². The van der Waals surface area contributed by atoms with Gasteiger partial charge in [-0.15, -0.1) is 10.2 Å². The van der Waals surface area contributed by atoms with E-state index < -0.39 is 0 Å². The van der Waals surface area contributed by atoms with Crippen LogP contribution in [-0.4, -0.2) is 38.2 Å². The third-order valence-corrected chi connectivity index (χ3v) is 6.96. The average molecular weight is 462 g/mol. The maximum absolute atomic E-state index is 12.7. The Balaban J connectivity index is 1.16. The summed E-state index contributed by atoms with van der Waals surface area (Å²) in [6.07, 6.45) is 4.20. The van der Waals surface area contributed by atoms with Crippen molar-refractivity contribution in [2.75, 3.05) is 12.5 Å². The van der Waals surface area contributed by atoms with Gasteiger partial charge in [0.25, 0.3) is 0 Å².